The van der Waals surface area contributed by atoms with Crippen LogP contribution in [0.1, 0.15) is 12.6 Å². The Morgan fingerprint density at radius 2 is 1.90 bits per heavy atom. The van der Waals surface area contributed by atoms with E-state index in [0.29, 0.717) is 12.2 Å². The number of nitrogens with one attached hydrogen (secondary N) is 2. The highest BCUT2D eigenvalue weighted by Crippen LogP contribution is 2.18. The fourth-order valence-corrected chi connectivity index (χ4v) is 3.03. The van der Waals surface area contributed by atoms with Gasteiger partial charge < -0.3 is 9.88 Å². The first-order valence-corrected chi connectivity index (χ1v) is 7.95. The lowest BCUT2D eigenvalue weighted by atomic mass is 10.3. The molecule has 1 aromatic heterocycles. The Morgan fingerprint density at radius 1 is 1.20 bits per heavy atom. The zero-order valence-corrected chi connectivity index (χ0v) is 12.4. The van der Waals surface area contributed by atoms with E-state index < -0.39 is 10.0 Å². The van der Waals surface area contributed by atoms with Crippen molar-refractivity contribution in [2.24, 2.45) is 7.05 Å². The van der Waals surface area contributed by atoms with Gasteiger partial charge in [-0.25, -0.2) is 8.42 Å². The summed E-state index contributed by atoms with van der Waals surface area (Å²) in [5.74, 6) is 0. The van der Waals surface area contributed by atoms with Crippen LogP contribution in [-0.2, 0) is 23.6 Å². The van der Waals surface area contributed by atoms with Gasteiger partial charge in [-0.1, -0.05) is 25.1 Å². The Labute approximate surface area is 119 Å². The van der Waals surface area contributed by atoms with E-state index >= 15 is 0 Å². The van der Waals surface area contributed by atoms with Crippen LogP contribution < -0.4 is 10.0 Å². The maximum Gasteiger partial charge on any atom is 0.263 e. The molecule has 0 aliphatic heterocycles. The van der Waals surface area contributed by atoms with Crippen LogP contribution in [0.4, 0.5) is 5.69 Å². The maximum absolute atomic E-state index is 12.3. The lowest BCUT2D eigenvalue weighted by Gasteiger charge is -2.05. The Hall–Kier alpha value is -1.79. The molecule has 1 aromatic carbocycles. The highest BCUT2D eigenvalue weighted by molar-refractivity contribution is 7.92. The highest BCUT2D eigenvalue weighted by atomic mass is 32.2. The van der Waals surface area contributed by atoms with Crippen molar-refractivity contribution in [1.29, 1.82) is 0 Å². The minimum Gasteiger partial charge on any atom is -0.352 e. The Balaban J connectivity index is 2.21. The van der Waals surface area contributed by atoms with Gasteiger partial charge in [0.2, 0.25) is 0 Å². The van der Waals surface area contributed by atoms with Gasteiger partial charge in [0.15, 0.2) is 0 Å². The molecule has 6 heteroatoms. The molecule has 2 rings (SSSR count). The topological polar surface area (TPSA) is 63.1 Å². The number of benzene rings is 1. The monoisotopic (exact) mass is 293 g/mol. The molecule has 2 aromatic rings. The van der Waals surface area contributed by atoms with Crippen molar-refractivity contribution in [2.75, 3.05) is 11.3 Å². The molecule has 0 aliphatic carbocycles. The molecule has 0 spiro atoms. The number of hydrogen-bond acceptors (Lipinski definition) is 3. The van der Waals surface area contributed by atoms with Gasteiger partial charge in [0.25, 0.3) is 10.0 Å². The number of sulfonamides is 1. The third-order valence-corrected chi connectivity index (χ3v) is 4.32. The third-order valence-electron chi connectivity index (χ3n) is 2.98. The van der Waals surface area contributed by atoms with Gasteiger partial charge in [-0.15, -0.1) is 0 Å². The van der Waals surface area contributed by atoms with E-state index in [9.17, 15) is 8.42 Å². The van der Waals surface area contributed by atoms with E-state index in [2.05, 4.69) is 10.0 Å². The molecule has 5 nitrogen and oxygen atoms in total. The van der Waals surface area contributed by atoms with Gasteiger partial charge >= 0.3 is 0 Å². The summed E-state index contributed by atoms with van der Waals surface area (Å²) in [6, 6.07) is 10.6. The van der Waals surface area contributed by atoms with Crippen molar-refractivity contribution in [1.82, 2.24) is 9.88 Å². The van der Waals surface area contributed by atoms with Crippen LogP contribution in [0, 0.1) is 0 Å². The van der Waals surface area contributed by atoms with Crippen molar-refractivity contribution >= 4 is 15.7 Å². The summed E-state index contributed by atoms with van der Waals surface area (Å²) in [4.78, 5) is 0.275. The fraction of sp³-hybridized carbons (Fsp3) is 0.286. The zero-order valence-electron chi connectivity index (χ0n) is 11.6. The van der Waals surface area contributed by atoms with E-state index in [1.165, 1.54) is 0 Å². The van der Waals surface area contributed by atoms with Gasteiger partial charge in [-0.2, -0.15) is 0 Å². The minimum atomic E-state index is -3.54. The normalized spacial score (nSPS) is 11.5. The molecule has 0 fully saturated rings. The average molecular weight is 293 g/mol. The fourth-order valence-electron chi connectivity index (χ4n) is 1.87. The molecular weight excluding hydrogens is 274 g/mol. The summed E-state index contributed by atoms with van der Waals surface area (Å²) < 4.78 is 29.0. The summed E-state index contributed by atoms with van der Waals surface area (Å²) in [6.45, 7) is 3.50. The SMILES string of the molecule is CCNCc1cc(S(=O)(=O)Nc2ccccc2)cn1C. The molecule has 0 radical (unpaired) electrons. The number of para-hydroxylation sites is 1. The quantitative estimate of drug-likeness (QED) is 0.855. The highest BCUT2D eigenvalue weighted by Gasteiger charge is 2.17. The smallest absolute Gasteiger partial charge is 0.263 e. The first-order valence-electron chi connectivity index (χ1n) is 6.47. The third kappa shape index (κ3) is 3.40. The number of nitrogens with zero attached hydrogens (tertiary/aromatic N) is 1. The van der Waals surface area contributed by atoms with Crippen LogP contribution in [0.5, 0.6) is 0 Å². The van der Waals surface area contributed by atoms with Gasteiger partial charge in [0, 0.05) is 31.2 Å². The lowest BCUT2D eigenvalue weighted by Crippen LogP contribution is -2.14. The molecule has 0 aliphatic rings. The Kier molecular flexibility index (Phi) is 4.46. The predicted octanol–water partition coefficient (Wildman–Crippen LogP) is 1.94. The number of aryl methyl sites for hydroxylation is 1. The molecule has 108 valence electrons. The van der Waals surface area contributed by atoms with Crippen molar-refractivity contribution in [2.45, 2.75) is 18.4 Å². The number of hydrogen-bond donors (Lipinski definition) is 2. The van der Waals surface area contributed by atoms with Crippen LogP contribution in [0.25, 0.3) is 0 Å². The molecule has 20 heavy (non-hydrogen) atoms. The number of aromatic nitrogens is 1. The van der Waals surface area contributed by atoms with Crippen LogP contribution in [0.2, 0.25) is 0 Å². The summed E-state index contributed by atoms with van der Waals surface area (Å²) >= 11 is 0. The molecular formula is C14H19N3O2S. The van der Waals surface area contributed by atoms with Crippen molar-refractivity contribution in [3.63, 3.8) is 0 Å². The summed E-state index contributed by atoms with van der Waals surface area (Å²) in [6.07, 6.45) is 1.62. The van der Waals surface area contributed by atoms with Gasteiger partial charge in [0.05, 0.1) is 0 Å². The Bertz CT molecular complexity index is 663. The van der Waals surface area contributed by atoms with Crippen LogP contribution >= 0.6 is 0 Å². The molecule has 0 atom stereocenters. The molecule has 0 amide bonds. The lowest BCUT2D eigenvalue weighted by molar-refractivity contribution is 0.601. The molecule has 0 unspecified atom stereocenters. The van der Waals surface area contributed by atoms with Crippen molar-refractivity contribution in [3.05, 3.63) is 48.3 Å². The summed E-state index contributed by atoms with van der Waals surface area (Å²) in [5.41, 5.74) is 1.49. The van der Waals surface area contributed by atoms with Crippen LogP contribution in [-0.4, -0.2) is 19.5 Å². The first-order chi connectivity index (χ1) is 9.53. The zero-order chi connectivity index (χ0) is 14.6. The van der Waals surface area contributed by atoms with Gasteiger partial charge in [0.1, 0.15) is 4.90 Å². The molecule has 1 heterocycles. The van der Waals surface area contributed by atoms with E-state index in [0.717, 1.165) is 12.2 Å². The van der Waals surface area contributed by atoms with Crippen LogP contribution in [0.15, 0.2) is 47.5 Å². The van der Waals surface area contributed by atoms with Gasteiger partial charge in [-0.3, -0.25) is 4.72 Å². The minimum absolute atomic E-state index is 0.275. The standard InChI is InChI=1S/C14H19N3O2S/c1-3-15-10-13-9-14(11-17(13)2)20(18,19)16-12-7-5-4-6-8-12/h4-9,11,15-16H,3,10H2,1-2H3. The predicted molar refractivity (Wildman–Crippen MR) is 80.0 cm³/mol. The average Bonchev–Trinajstić information content (AvgIpc) is 2.79. The van der Waals surface area contributed by atoms with Gasteiger partial charge in [-0.05, 0) is 24.7 Å². The van der Waals surface area contributed by atoms with E-state index in [4.69, 9.17) is 0 Å². The van der Waals surface area contributed by atoms with E-state index in [-0.39, 0.29) is 4.90 Å². The second-order valence-corrected chi connectivity index (χ2v) is 6.21. The van der Waals surface area contributed by atoms with E-state index in [1.54, 1.807) is 36.5 Å². The van der Waals surface area contributed by atoms with E-state index in [1.807, 2.05) is 24.6 Å². The maximum atomic E-state index is 12.3. The van der Waals surface area contributed by atoms with Crippen LogP contribution in [0.3, 0.4) is 0 Å². The van der Waals surface area contributed by atoms with Crippen molar-refractivity contribution < 1.29 is 8.42 Å². The summed E-state index contributed by atoms with van der Waals surface area (Å²) in [5, 5.41) is 3.18. The number of anilines is 1. The molecule has 0 saturated heterocycles. The molecule has 2 N–H and O–H groups in total. The second kappa shape index (κ2) is 6.11. The summed E-state index contributed by atoms with van der Waals surface area (Å²) in [7, 11) is -1.70. The first kappa shape index (κ1) is 14.6. The Morgan fingerprint density at radius 3 is 2.55 bits per heavy atom. The second-order valence-electron chi connectivity index (χ2n) is 4.53. The molecule has 0 saturated carbocycles. The molecule has 0 bridgehead atoms. The number of rotatable bonds is 6. The largest absolute Gasteiger partial charge is 0.352 e. The van der Waals surface area contributed by atoms with Crippen molar-refractivity contribution in [3.8, 4) is 0 Å².